The number of aryl methyl sites for hydroxylation is 1. The molecule has 3 heterocycles. The third kappa shape index (κ3) is 4.70. The SMILES string of the molecule is COc1cc(C(=O)N2CC[C@@H](NC(=O)c3cnn(C)c3Cl)[C@@H](c3ccccc3)C2)cnc1OC. The smallest absolute Gasteiger partial charge is 0.256 e. The molecule has 2 amide bonds. The molecule has 0 spiro atoms. The van der Waals surface area contributed by atoms with Crippen LogP contribution in [0, 0.1) is 0 Å². The summed E-state index contributed by atoms with van der Waals surface area (Å²) in [5.74, 6) is 0.161. The summed E-state index contributed by atoms with van der Waals surface area (Å²) in [5, 5.41) is 7.44. The van der Waals surface area contributed by atoms with Crippen LogP contribution in [-0.2, 0) is 7.05 Å². The Labute approximate surface area is 202 Å². The highest BCUT2D eigenvalue weighted by atomic mass is 35.5. The van der Waals surface area contributed by atoms with Gasteiger partial charge in [-0.05, 0) is 12.0 Å². The van der Waals surface area contributed by atoms with E-state index in [1.807, 2.05) is 30.3 Å². The first kappa shape index (κ1) is 23.6. The van der Waals surface area contributed by atoms with Gasteiger partial charge in [-0.2, -0.15) is 5.10 Å². The fourth-order valence-corrected chi connectivity index (χ4v) is 4.38. The number of amides is 2. The number of methoxy groups -OCH3 is 2. The molecule has 2 atom stereocenters. The molecule has 1 aliphatic heterocycles. The molecule has 9 nitrogen and oxygen atoms in total. The number of nitrogens with one attached hydrogen (secondary N) is 1. The van der Waals surface area contributed by atoms with E-state index in [1.165, 1.54) is 31.3 Å². The van der Waals surface area contributed by atoms with Gasteiger partial charge in [0.05, 0.1) is 31.5 Å². The van der Waals surface area contributed by atoms with Crippen molar-refractivity contribution in [1.29, 1.82) is 0 Å². The summed E-state index contributed by atoms with van der Waals surface area (Å²) in [5.41, 5.74) is 1.77. The largest absolute Gasteiger partial charge is 0.491 e. The van der Waals surface area contributed by atoms with Crippen molar-refractivity contribution < 1.29 is 19.1 Å². The zero-order valence-corrected chi connectivity index (χ0v) is 20.0. The Kier molecular flexibility index (Phi) is 7.02. The van der Waals surface area contributed by atoms with E-state index in [-0.39, 0.29) is 28.9 Å². The maximum Gasteiger partial charge on any atom is 0.256 e. The second-order valence-electron chi connectivity index (χ2n) is 8.05. The van der Waals surface area contributed by atoms with Crippen LogP contribution in [0.15, 0.2) is 48.8 Å². The molecule has 0 bridgehead atoms. The van der Waals surface area contributed by atoms with Crippen LogP contribution < -0.4 is 14.8 Å². The number of aromatic nitrogens is 3. The Morgan fingerprint density at radius 1 is 1.15 bits per heavy atom. The molecule has 10 heteroatoms. The average Bonchev–Trinajstić information content (AvgIpc) is 3.21. The van der Waals surface area contributed by atoms with Crippen LogP contribution >= 0.6 is 11.6 Å². The number of likely N-dealkylation sites (tertiary alicyclic amines) is 1. The quantitative estimate of drug-likeness (QED) is 0.579. The standard InChI is InChI=1S/C24H26ClN5O4/c1-29-21(25)17(13-27-29)22(31)28-19-9-10-30(14-18(19)15-7-5-4-6-8-15)24(32)16-11-20(33-2)23(34-3)26-12-16/h4-8,11-13,18-19H,9-10,14H2,1-3H3,(H,28,31)/t18-,19-/m1/s1. The Balaban J connectivity index is 1.56. The van der Waals surface area contributed by atoms with Crippen molar-refractivity contribution in [2.75, 3.05) is 27.3 Å². The summed E-state index contributed by atoms with van der Waals surface area (Å²) in [6.07, 6.45) is 3.52. The lowest BCUT2D eigenvalue weighted by atomic mass is 9.85. The third-order valence-electron chi connectivity index (χ3n) is 6.03. The summed E-state index contributed by atoms with van der Waals surface area (Å²) >= 11 is 6.22. The van der Waals surface area contributed by atoms with Gasteiger partial charge in [0, 0.05) is 44.4 Å². The minimum atomic E-state index is -0.284. The lowest BCUT2D eigenvalue weighted by molar-refractivity contribution is 0.0670. The number of rotatable bonds is 6. The van der Waals surface area contributed by atoms with Crippen LogP contribution in [0.3, 0.4) is 0 Å². The molecule has 0 radical (unpaired) electrons. The van der Waals surface area contributed by atoms with E-state index in [0.29, 0.717) is 42.3 Å². The molecular formula is C24H26ClN5O4. The molecule has 1 N–H and O–H groups in total. The molecule has 4 rings (SSSR count). The average molecular weight is 484 g/mol. The number of benzene rings is 1. The highest BCUT2D eigenvalue weighted by Crippen LogP contribution is 2.30. The van der Waals surface area contributed by atoms with Crippen molar-refractivity contribution in [1.82, 2.24) is 25.0 Å². The van der Waals surface area contributed by atoms with Crippen molar-refractivity contribution in [3.8, 4) is 11.6 Å². The lowest BCUT2D eigenvalue weighted by Gasteiger charge is -2.39. The van der Waals surface area contributed by atoms with Gasteiger partial charge < -0.3 is 19.7 Å². The summed E-state index contributed by atoms with van der Waals surface area (Å²) < 4.78 is 11.9. The molecule has 1 saturated heterocycles. The number of nitrogens with zero attached hydrogens (tertiary/aromatic N) is 4. The Morgan fingerprint density at radius 3 is 2.56 bits per heavy atom. The van der Waals surface area contributed by atoms with Gasteiger partial charge in [0.25, 0.3) is 17.7 Å². The Morgan fingerprint density at radius 2 is 1.91 bits per heavy atom. The number of halogens is 1. The molecule has 0 saturated carbocycles. The molecule has 2 aromatic heterocycles. The molecule has 1 aromatic carbocycles. The summed E-state index contributed by atoms with van der Waals surface area (Å²) in [4.78, 5) is 32.2. The number of hydrogen-bond donors (Lipinski definition) is 1. The van der Waals surface area contributed by atoms with Crippen LogP contribution in [-0.4, -0.2) is 64.8 Å². The van der Waals surface area contributed by atoms with E-state index in [2.05, 4.69) is 15.4 Å². The fourth-order valence-electron chi connectivity index (χ4n) is 4.20. The first-order valence-electron chi connectivity index (χ1n) is 10.8. The van der Waals surface area contributed by atoms with E-state index in [9.17, 15) is 9.59 Å². The topological polar surface area (TPSA) is 98.6 Å². The maximum absolute atomic E-state index is 13.3. The number of carbonyl (C=O) groups is 2. The van der Waals surface area contributed by atoms with Gasteiger partial charge in [-0.15, -0.1) is 0 Å². The first-order chi connectivity index (χ1) is 16.4. The summed E-state index contributed by atoms with van der Waals surface area (Å²) in [6.45, 7) is 0.908. The maximum atomic E-state index is 13.3. The molecule has 1 fully saturated rings. The fraction of sp³-hybridized carbons (Fsp3) is 0.333. The summed E-state index contributed by atoms with van der Waals surface area (Å²) in [7, 11) is 4.68. The number of piperidine rings is 1. The number of ether oxygens (including phenoxy) is 2. The normalized spacial score (nSPS) is 17.8. The van der Waals surface area contributed by atoms with E-state index < -0.39 is 0 Å². The van der Waals surface area contributed by atoms with E-state index in [1.54, 1.807) is 18.0 Å². The number of pyridine rings is 1. The van der Waals surface area contributed by atoms with Gasteiger partial charge in [-0.1, -0.05) is 41.9 Å². The molecule has 1 aliphatic rings. The summed E-state index contributed by atoms with van der Waals surface area (Å²) in [6, 6.07) is 11.3. The van der Waals surface area contributed by atoms with Crippen molar-refractivity contribution in [3.05, 3.63) is 70.6 Å². The van der Waals surface area contributed by atoms with Crippen molar-refractivity contribution >= 4 is 23.4 Å². The zero-order chi connectivity index (χ0) is 24.2. The van der Waals surface area contributed by atoms with Crippen LogP contribution in [0.2, 0.25) is 5.15 Å². The number of hydrogen-bond acceptors (Lipinski definition) is 6. The second kappa shape index (κ2) is 10.1. The van der Waals surface area contributed by atoms with Crippen LogP contribution in [0.5, 0.6) is 11.6 Å². The van der Waals surface area contributed by atoms with Gasteiger partial charge in [0.2, 0.25) is 0 Å². The van der Waals surface area contributed by atoms with Crippen LogP contribution in [0.4, 0.5) is 0 Å². The Bertz CT molecular complexity index is 1180. The second-order valence-corrected chi connectivity index (χ2v) is 8.40. The van der Waals surface area contributed by atoms with Crippen LogP contribution in [0.25, 0.3) is 0 Å². The van der Waals surface area contributed by atoms with Gasteiger partial charge in [0.1, 0.15) is 5.15 Å². The molecule has 34 heavy (non-hydrogen) atoms. The minimum absolute atomic E-state index is 0.105. The highest BCUT2D eigenvalue weighted by Gasteiger charge is 2.34. The predicted molar refractivity (Wildman–Crippen MR) is 127 cm³/mol. The monoisotopic (exact) mass is 483 g/mol. The van der Waals surface area contributed by atoms with Crippen molar-refractivity contribution in [2.45, 2.75) is 18.4 Å². The van der Waals surface area contributed by atoms with Gasteiger partial charge >= 0.3 is 0 Å². The van der Waals surface area contributed by atoms with Crippen molar-refractivity contribution in [2.24, 2.45) is 7.05 Å². The lowest BCUT2D eigenvalue weighted by Crippen LogP contribution is -2.51. The van der Waals surface area contributed by atoms with Crippen LogP contribution in [0.1, 0.15) is 38.6 Å². The molecule has 0 aliphatic carbocycles. The number of carbonyl (C=O) groups excluding carboxylic acids is 2. The Hall–Kier alpha value is -3.59. The van der Waals surface area contributed by atoms with Gasteiger partial charge in [-0.3, -0.25) is 14.3 Å². The molecule has 3 aromatic rings. The predicted octanol–water partition coefficient (Wildman–Crippen LogP) is 2.91. The van der Waals surface area contributed by atoms with Crippen molar-refractivity contribution in [3.63, 3.8) is 0 Å². The van der Waals surface area contributed by atoms with E-state index in [0.717, 1.165) is 5.56 Å². The molecule has 178 valence electrons. The van der Waals surface area contributed by atoms with E-state index in [4.69, 9.17) is 21.1 Å². The zero-order valence-electron chi connectivity index (χ0n) is 19.2. The highest BCUT2D eigenvalue weighted by molar-refractivity contribution is 6.32. The van der Waals surface area contributed by atoms with Gasteiger partial charge in [0.15, 0.2) is 5.75 Å². The molecular weight excluding hydrogens is 458 g/mol. The van der Waals surface area contributed by atoms with Gasteiger partial charge in [-0.25, -0.2) is 4.98 Å². The molecule has 0 unspecified atom stereocenters. The van der Waals surface area contributed by atoms with E-state index >= 15 is 0 Å². The first-order valence-corrected chi connectivity index (χ1v) is 11.2. The third-order valence-corrected chi connectivity index (χ3v) is 6.48. The minimum Gasteiger partial charge on any atom is -0.491 e.